The van der Waals surface area contributed by atoms with Gasteiger partial charge in [-0.3, -0.25) is 0 Å². The molecule has 15 heavy (non-hydrogen) atoms. The van der Waals surface area contributed by atoms with Crippen LogP contribution in [0.2, 0.25) is 10.2 Å². The SMILES string of the molecule is FC(F)c1cnc(Cl)c(Cl)c1C(F)(F)F. The lowest BCUT2D eigenvalue weighted by atomic mass is 10.1. The lowest BCUT2D eigenvalue weighted by Gasteiger charge is -2.13. The molecule has 0 aromatic carbocycles. The Labute approximate surface area is 90.8 Å². The van der Waals surface area contributed by atoms with Crippen LogP contribution in [0.5, 0.6) is 0 Å². The third kappa shape index (κ3) is 2.49. The van der Waals surface area contributed by atoms with E-state index in [0.29, 0.717) is 6.20 Å². The van der Waals surface area contributed by atoms with Crippen molar-refractivity contribution in [1.82, 2.24) is 4.98 Å². The van der Waals surface area contributed by atoms with E-state index in [0.717, 1.165) is 0 Å². The zero-order chi connectivity index (χ0) is 11.8. The average molecular weight is 266 g/mol. The van der Waals surface area contributed by atoms with Crippen LogP contribution in [0, 0.1) is 0 Å². The van der Waals surface area contributed by atoms with Crippen LogP contribution >= 0.6 is 23.2 Å². The van der Waals surface area contributed by atoms with Crippen molar-refractivity contribution in [3.05, 3.63) is 27.5 Å². The second-order valence-corrected chi connectivity index (χ2v) is 3.23. The summed E-state index contributed by atoms with van der Waals surface area (Å²) in [6.45, 7) is 0. The van der Waals surface area contributed by atoms with E-state index < -0.39 is 33.9 Å². The molecule has 8 heteroatoms. The molecule has 0 aliphatic carbocycles. The van der Waals surface area contributed by atoms with Gasteiger partial charge < -0.3 is 0 Å². The number of rotatable bonds is 1. The molecule has 0 N–H and O–H groups in total. The summed E-state index contributed by atoms with van der Waals surface area (Å²) < 4.78 is 61.5. The van der Waals surface area contributed by atoms with Gasteiger partial charge in [0.2, 0.25) is 0 Å². The Bertz CT molecular complexity index is 376. The first-order valence-corrected chi connectivity index (χ1v) is 4.20. The number of hydrogen-bond acceptors (Lipinski definition) is 1. The molecular formula is C7H2Cl2F5N. The summed E-state index contributed by atoms with van der Waals surface area (Å²) in [5.41, 5.74) is -2.92. The van der Waals surface area contributed by atoms with Gasteiger partial charge in [-0.2, -0.15) is 13.2 Å². The minimum absolute atomic E-state index is 0.363. The zero-order valence-corrected chi connectivity index (χ0v) is 8.26. The van der Waals surface area contributed by atoms with Crippen molar-refractivity contribution in [3.8, 4) is 0 Å². The monoisotopic (exact) mass is 265 g/mol. The highest BCUT2D eigenvalue weighted by molar-refractivity contribution is 6.41. The normalized spacial score (nSPS) is 12.3. The van der Waals surface area contributed by atoms with Gasteiger partial charge in [0, 0.05) is 11.8 Å². The zero-order valence-electron chi connectivity index (χ0n) is 6.75. The molecule has 1 heterocycles. The van der Waals surface area contributed by atoms with Gasteiger partial charge >= 0.3 is 6.18 Å². The molecule has 0 amide bonds. The summed E-state index contributed by atoms with van der Waals surface area (Å²) in [5, 5.41) is -1.67. The Balaban J connectivity index is 3.49. The van der Waals surface area contributed by atoms with Gasteiger partial charge in [-0.1, -0.05) is 23.2 Å². The summed E-state index contributed by atoms with van der Waals surface area (Å²) in [6, 6.07) is 0. The molecule has 0 atom stereocenters. The summed E-state index contributed by atoms with van der Waals surface area (Å²) >= 11 is 10.4. The third-order valence-electron chi connectivity index (χ3n) is 1.52. The maximum atomic E-state index is 12.3. The van der Waals surface area contributed by atoms with Crippen LogP contribution in [-0.4, -0.2) is 4.98 Å². The van der Waals surface area contributed by atoms with E-state index in [1.165, 1.54) is 0 Å². The molecule has 0 bridgehead atoms. The molecule has 0 fully saturated rings. The molecule has 0 aliphatic heterocycles. The first-order chi connectivity index (χ1) is 6.75. The Morgan fingerprint density at radius 2 is 1.73 bits per heavy atom. The van der Waals surface area contributed by atoms with E-state index in [-0.39, 0.29) is 0 Å². The fourth-order valence-electron chi connectivity index (χ4n) is 0.931. The van der Waals surface area contributed by atoms with Crippen molar-refractivity contribution in [3.63, 3.8) is 0 Å². The molecule has 0 saturated heterocycles. The summed E-state index contributed by atoms with van der Waals surface area (Å²) in [6.07, 6.45) is -7.94. The Hall–Kier alpha value is -0.620. The lowest BCUT2D eigenvalue weighted by Crippen LogP contribution is -2.11. The van der Waals surface area contributed by atoms with Crippen molar-refractivity contribution in [1.29, 1.82) is 0 Å². The summed E-state index contributed by atoms with van der Waals surface area (Å²) in [4.78, 5) is 3.13. The minimum Gasteiger partial charge on any atom is -0.242 e. The molecule has 1 nitrogen and oxygen atoms in total. The standard InChI is InChI=1S/C7H2Cl2F5N/c8-4-3(7(12,13)14)2(6(10)11)1-15-5(4)9/h1,6H. The maximum Gasteiger partial charge on any atom is 0.418 e. The van der Waals surface area contributed by atoms with Crippen LogP contribution in [0.4, 0.5) is 22.0 Å². The van der Waals surface area contributed by atoms with Crippen molar-refractivity contribution in [2.45, 2.75) is 12.6 Å². The van der Waals surface area contributed by atoms with Gasteiger partial charge in [-0.05, 0) is 0 Å². The topological polar surface area (TPSA) is 12.9 Å². The minimum atomic E-state index is -4.99. The highest BCUT2D eigenvalue weighted by Gasteiger charge is 2.39. The number of alkyl halides is 5. The second kappa shape index (κ2) is 4.09. The van der Waals surface area contributed by atoms with Crippen molar-refractivity contribution in [2.75, 3.05) is 0 Å². The van der Waals surface area contributed by atoms with E-state index in [1.54, 1.807) is 0 Å². The average Bonchev–Trinajstić information content (AvgIpc) is 2.06. The Morgan fingerprint density at radius 1 is 1.20 bits per heavy atom. The highest BCUT2D eigenvalue weighted by atomic mass is 35.5. The smallest absolute Gasteiger partial charge is 0.242 e. The van der Waals surface area contributed by atoms with Crippen LogP contribution in [0.1, 0.15) is 17.6 Å². The van der Waals surface area contributed by atoms with E-state index in [1.807, 2.05) is 0 Å². The van der Waals surface area contributed by atoms with Crippen LogP contribution in [0.25, 0.3) is 0 Å². The predicted molar refractivity (Wildman–Crippen MR) is 44.2 cm³/mol. The molecule has 0 unspecified atom stereocenters. The van der Waals surface area contributed by atoms with Gasteiger partial charge in [0.25, 0.3) is 6.43 Å². The largest absolute Gasteiger partial charge is 0.418 e. The van der Waals surface area contributed by atoms with E-state index in [4.69, 9.17) is 23.2 Å². The van der Waals surface area contributed by atoms with Gasteiger partial charge in [0.15, 0.2) is 0 Å². The number of aromatic nitrogens is 1. The van der Waals surface area contributed by atoms with Crippen molar-refractivity contribution >= 4 is 23.2 Å². The lowest BCUT2D eigenvalue weighted by molar-refractivity contribution is -0.139. The summed E-state index contributed by atoms with van der Waals surface area (Å²) in [7, 11) is 0. The first kappa shape index (κ1) is 12.4. The van der Waals surface area contributed by atoms with Crippen LogP contribution in [0.15, 0.2) is 6.20 Å². The number of hydrogen-bond donors (Lipinski definition) is 0. The maximum absolute atomic E-state index is 12.3. The van der Waals surface area contributed by atoms with Crippen LogP contribution in [0.3, 0.4) is 0 Å². The Kier molecular flexibility index (Phi) is 3.40. The number of halogens is 7. The molecule has 0 spiro atoms. The summed E-state index contributed by atoms with van der Waals surface area (Å²) in [5.74, 6) is 0. The molecule has 0 saturated carbocycles. The number of nitrogens with zero attached hydrogens (tertiary/aromatic N) is 1. The van der Waals surface area contributed by atoms with Gasteiger partial charge in [0.1, 0.15) is 5.15 Å². The fourth-order valence-corrected chi connectivity index (χ4v) is 1.34. The quantitative estimate of drug-likeness (QED) is 0.544. The fraction of sp³-hybridized carbons (Fsp3) is 0.286. The van der Waals surface area contributed by atoms with Crippen molar-refractivity contribution < 1.29 is 22.0 Å². The first-order valence-electron chi connectivity index (χ1n) is 3.44. The molecule has 1 aromatic heterocycles. The molecule has 0 aliphatic rings. The van der Waals surface area contributed by atoms with E-state index >= 15 is 0 Å². The second-order valence-electron chi connectivity index (χ2n) is 2.49. The van der Waals surface area contributed by atoms with Gasteiger partial charge in [-0.25, -0.2) is 13.8 Å². The molecule has 0 radical (unpaired) electrons. The van der Waals surface area contributed by atoms with E-state index in [9.17, 15) is 22.0 Å². The van der Waals surface area contributed by atoms with E-state index in [2.05, 4.69) is 4.98 Å². The predicted octanol–water partition coefficient (Wildman–Crippen LogP) is 4.34. The number of pyridine rings is 1. The molecular weight excluding hydrogens is 264 g/mol. The molecule has 1 aromatic rings. The third-order valence-corrected chi connectivity index (χ3v) is 2.28. The van der Waals surface area contributed by atoms with Crippen molar-refractivity contribution in [2.24, 2.45) is 0 Å². The van der Waals surface area contributed by atoms with Crippen LogP contribution in [-0.2, 0) is 6.18 Å². The Morgan fingerprint density at radius 3 is 2.13 bits per heavy atom. The molecule has 1 rings (SSSR count). The highest BCUT2D eigenvalue weighted by Crippen LogP contribution is 2.42. The molecule has 84 valence electrons. The van der Waals surface area contributed by atoms with Gasteiger partial charge in [-0.15, -0.1) is 0 Å². The van der Waals surface area contributed by atoms with Crippen LogP contribution < -0.4 is 0 Å². The van der Waals surface area contributed by atoms with Gasteiger partial charge in [0.05, 0.1) is 10.6 Å².